The van der Waals surface area contributed by atoms with Crippen LogP contribution in [0.2, 0.25) is 5.02 Å². The SMILES string of the molecule is O=C(Nc1ccc(S(=O)(=O)Nc2ccccc2Cl)cc1)[C@H]1CCCN(S(=O)(=O)c2cccs2)C1. The quantitative estimate of drug-likeness (QED) is 0.466. The van der Waals surface area contributed by atoms with Crippen LogP contribution in [-0.2, 0) is 24.8 Å². The van der Waals surface area contributed by atoms with E-state index in [0.717, 1.165) is 11.3 Å². The van der Waals surface area contributed by atoms with E-state index in [0.29, 0.717) is 25.1 Å². The summed E-state index contributed by atoms with van der Waals surface area (Å²) in [5, 5.41) is 4.74. The summed E-state index contributed by atoms with van der Waals surface area (Å²) in [4.78, 5) is 12.8. The number of carbonyl (C=O) groups excluding carboxylic acids is 1. The average Bonchev–Trinajstić information content (AvgIpc) is 3.37. The first-order chi connectivity index (χ1) is 16.2. The zero-order valence-electron chi connectivity index (χ0n) is 17.8. The topological polar surface area (TPSA) is 113 Å². The molecule has 1 atom stereocenters. The molecule has 0 aliphatic carbocycles. The van der Waals surface area contributed by atoms with Gasteiger partial charge in [-0.15, -0.1) is 11.3 Å². The molecule has 34 heavy (non-hydrogen) atoms. The summed E-state index contributed by atoms with van der Waals surface area (Å²) in [5.41, 5.74) is 0.681. The van der Waals surface area contributed by atoms with Crippen molar-refractivity contribution in [3.05, 3.63) is 71.1 Å². The molecule has 0 radical (unpaired) electrons. The van der Waals surface area contributed by atoms with Crippen LogP contribution < -0.4 is 10.0 Å². The van der Waals surface area contributed by atoms with Crippen molar-refractivity contribution in [2.24, 2.45) is 5.92 Å². The van der Waals surface area contributed by atoms with Crippen LogP contribution in [-0.4, -0.2) is 40.1 Å². The van der Waals surface area contributed by atoms with Gasteiger partial charge in [-0.1, -0.05) is 29.8 Å². The highest BCUT2D eigenvalue weighted by Gasteiger charge is 2.33. The zero-order chi connectivity index (χ0) is 24.3. The first-order valence-corrected chi connectivity index (χ1v) is 14.6. The number of hydrogen-bond donors (Lipinski definition) is 2. The van der Waals surface area contributed by atoms with Gasteiger partial charge in [0.25, 0.3) is 20.0 Å². The Morgan fingerprint density at radius 3 is 2.41 bits per heavy atom. The van der Waals surface area contributed by atoms with E-state index in [1.807, 2.05) is 0 Å². The maximum atomic E-state index is 12.8. The monoisotopic (exact) mass is 539 g/mol. The lowest BCUT2D eigenvalue weighted by atomic mass is 9.99. The van der Waals surface area contributed by atoms with Crippen molar-refractivity contribution < 1.29 is 21.6 Å². The minimum absolute atomic E-state index is 0.0105. The van der Waals surface area contributed by atoms with Crippen LogP contribution in [0.15, 0.2) is 75.1 Å². The highest BCUT2D eigenvalue weighted by atomic mass is 35.5. The number of nitrogens with one attached hydrogen (secondary N) is 2. The number of thiophene rings is 1. The number of piperidine rings is 1. The van der Waals surface area contributed by atoms with Crippen molar-refractivity contribution in [3.8, 4) is 0 Å². The Labute approximate surface area is 207 Å². The summed E-state index contributed by atoms with van der Waals surface area (Å²) in [5.74, 6) is -0.815. The molecule has 3 aromatic rings. The molecular weight excluding hydrogens is 518 g/mol. The van der Waals surface area contributed by atoms with E-state index in [-0.39, 0.29) is 32.3 Å². The third-order valence-corrected chi connectivity index (χ3v) is 10.3. The van der Waals surface area contributed by atoms with Crippen molar-refractivity contribution >= 4 is 60.3 Å². The second-order valence-corrected chi connectivity index (χ2v) is 12.9. The van der Waals surface area contributed by atoms with Crippen LogP contribution in [0.3, 0.4) is 0 Å². The van der Waals surface area contributed by atoms with Gasteiger partial charge in [-0.25, -0.2) is 16.8 Å². The Morgan fingerprint density at radius 1 is 1.00 bits per heavy atom. The summed E-state index contributed by atoms with van der Waals surface area (Å²) in [6, 6.07) is 15.5. The lowest BCUT2D eigenvalue weighted by Gasteiger charge is -2.30. The van der Waals surface area contributed by atoms with Gasteiger partial charge in [-0.3, -0.25) is 9.52 Å². The number of nitrogens with zero attached hydrogens (tertiary/aromatic N) is 1. The number of sulfonamides is 2. The van der Waals surface area contributed by atoms with E-state index in [1.165, 1.54) is 28.6 Å². The average molecular weight is 540 g/mol. The molecule has 1 aliphatic rings. The van der Waals surface area contributed by atoms with Crippen molar-refractivity contribution in [1.82, 2.24) is 4.31 Å². The molecule has 180 valence electrons. The summed E-state index contributed by atoms with van der Waals surface area (Å²) in [6.07, 6.45) is 1.14. The molecule has 2 heterocycles. The van der Waals surface area contributed by atoms with E-state index >= 15 is 0 Å². The van der Waals surface area contributed by atoms with Gasteiger partial charge in [0, 0.05) is 18.8 Å². The Kier molecular flexibility index (Phi) is 7.29. The Hall–Kier alpha value is -2.44. The lowest BCUT2D eigenvalue weighted by molar-refractivity contribution is -0.120. The van der Waals surface area contributed by atoms with Crippen molar-refractivity contribution in [2.75, 3.05) is 23.1 Å². The van der Waals surface area contributed by atoms with E-state index in [2.05, 4.69) is 10.0 Å². The van der Waals surface area contributed by atoms with Crippen LogP contribution in [0.1, 0.15) is 12.8 Å². The normalized spacial score (nSPS) is 17.3. The molecule has 1 amide bonds. The van der Waals surface area contributed by atoms with Gasteiger partial charge in [-0.05, 0) is 60.7 Å². The van der Waals surface area contributed by atoms with Gasteiger partial charge in [0.05, 0.1) is 21.5 Å². The fourth-order valence-electron chi connectivity index (χ4n) is 3.62. The van der Waals surface area contributed by atoms with Crippen LogP contribution in [0.5, 0.6) is 0 Å². The van der Waals surface area contributed by atoms with Crippen LogP contribution >= 0.6 is 22.9 Å². The number of hydrogen-bond acceptors (Lipinski definition) is 6. The number of anilines is 2. The van der Waals surface area contributed by atoms with Crippen LogP contribution in [0.4, 0.5) is 11.4 Å². The highest BCUT2D eigenvalue weighted by molar-refractivity contribution is 7.92. The van der Waals surface area contributed by atoms with Gasteiger partial charge < -0.3 is 5.32 Å². The fourth-order valence-corrected chi connectivity index (χ4v) is 7.61. The van der Waals surface area contributed by atoms with E-state index < -0.39 is 26.0 Å². The Bertz CT molecular complexity index is 1380. The standard InChI is InChI=1S/C22H22ClN3O5S3/c23-19-6-1-2-7-20(19)25-33(28,29)18-11-9-17(10-12-18)24-22(27)16-5-3-13-26(15-16)34(30,31)21-8-4-14-32-21/h1-2,4,6-12,14,16,25H,3,5,13,15H2,(H,24,27)/t16-/m0/s1. The van der Waals surface area contributed by atoms with Gasteiger partial charge in [-0.2, -0.15) is 4.31 Å². The molecule has 8 nitrogen and oxygen atoms in total. The third kappa shape index (κ3) is 5.44. The largest absolute Gasteiger partial charge is 0.326 e. The summed E-state index contributed by atoms with van der Waals surface area (Å²) < 4.78 is 54.9. The summed E-state index contributed by atoms with van der Waals surface area (Å²) in [6.45, 7) is 0.468. The number of amides is 1. The first kappa shape index (κ1) is 24.7. The lowest BCUT2D eigenvalue weighted by Crippen LogP contribution is -2.43. The van der Waals surface area contributed by atoms with E-state index in [1.54, 1.807) is 41.8 Å². The van der Waals surface area contributed by atoms with Gasteiger partial charge >= 0.3 is 0 Å². The maximum absolute atomic E-state index is 12.8. The first-order valence-electron chi connectivity index (χ1n) is 10.4. The summed E-state index contributed by atoms with van der Waals surface area (Å²) in [7, 11) is -7.49. The number of benzene rings is 2. The molecule has 1 aliphatic heterocycles. The van der Waals surface area contributed by atoms with Crippen LogP contribution in [0.25, 0.3) is 0 Å². The molecule has 0 spiro atoms. The molecule has 1 fully saturated rings. The highest BCUT2D eigenvalue weighted by Crippen LogP contribution is 2.28. The molecule has 2 N–H and O–H groups in total. The smallest absolute Gasteiger partial charge is 0.261 e. The Balaban J connectivity index is 1.41. The Morgan fingerprint density at radius 2 is 1.74 bits per heavy atom. The molecule has 2 aromatic carbocycles. The predicted octanol–water partition coefficient (Wildman–Crippen LogP) is 4.24. The molecule has 12 heteroatoms. The van der Waals surface area contributed by atoms with Gasteiger partial charge in [0.1, 0.15) is 4.21 Å². The number of rotatable bonds is 7. The minimum atomic E-state index is -3.87. The van der Waals surface area contributed by atoms with Gasteiger partial charge in [0.2, 0.25) is 5.91 Å². The molecule has 0 unspecified atom stereocenters. The van der Waals surface area contributed by atoms with E-state index in [9.17, 15) is 21.6 Å². The van der Waals surface area contributed by atoms with Crippen molar-refractivity contribution in [1.29, 1.82) is 0 Å². The third-order valence-electron chi connectivity index (χ3n) is 5.39. The maximum Gasteiger partial charge on any atom is 0.261 e. The molecule has 1 saturated heterocycles. The fraction of sp³-hybridized carbons (Fsp3) is 0.227. The zero-order valence-corrected chi connectivity index (χ0v) is 21.1. The van der Waals surface area contributed by atoms with Crippen molar-refractivity contribution in [3.63, 3.8) is 0 Å². The van der Waals surface area contributed by atoms with Gasteiger partial charge in [0.15, 0.2) is 0 Å². The van der Waals surface area contributed by atoms with Crippen LogP contribution in [0, 0.1) is 5.92 Å². The minimum Gasteiger partial charge on any atom is -0.326 e. The second-order valence-electron chi connectivity index (χ2n) is 7.73. The number of carbonyl (C=O) groups is 1. The van der Waals surface area contributed by atoms with Crippen molar-refractivity contribution in [2.45, 2.75) is 21.9 Å². The molecular formula is C22H22ClN3O5S3. The number of para-hydroxylation sites is 1. The molecule has 0 bridgehead atoms. The number of halogens is 1. The van der Waals surface area contributed by atoms with E-state index in [4.69, 9.17) is 11.6 Å². The molecule has 0 saturated carbocycles. The predicted molar refractivity (Wildman–Crippen MR) is 133 cm³/mol. The molecule has 1 aromatic heterocycles. The molecule has 4 rings (SSSR count). The second kappa shape index (κ2) is 10.0. The summed E-state index contributed by atoms with van der Waals surface area (Å²) >= 11 is 7.17.